The second-order valence-electron chi connectivity index (χ2n) is 10.7. The van der Waals surface area contributed by atoms with Crippen molar-refractivity contribution in [3.8, 4) is 0 Å². The van der Waals surface area contributed by atoms with Crippen molar-refractivity contribution in [2.75, 3.05) is 16.3 Å². The van der Waals surface area contributed by atoms with E-state index in [4.69, 9.17) is 10.5 Å². The van der Waals surface area contributed by atoms with Crippen LogP contribution in [-0.4, -0.2) is 45.0 Å². The summed E-state index contributed by atoms with van der Waals surface area (Å²) in [6.45, 7) is 4.09. The Hall–Kier alpha value is -4.09. The van der Waals surface area contributed by atoms with Crippen molar-refractivity contribution in [3.63, 3.8) is 0 Å². The normalized spacial score (nSPS) is 17.4. The molecular formula is C27H28F9N7O2. The highest BCUT2D eigenvalue weighted by atomic mass is 19.4. The molecule has 9 nitrogen and oxygen atoms in total. The summed E-state index contributed by atoms with van der Waals surface area (Å²) < 4.78 is 129. The van der Waals surface area contributed by atoms with Crippen LogP contribution in [0.2, 0.25) is 0 Å². The molecule has 1 aliphatic heterocycles. The second-order valence-corrected chi connectivity index (χ2v) is 10.7. The van der Waals surface area contributed by atoms with Gasteiger partial charge in [0.15, 0.2) is 0 Å². The first-order chi connectivity index (χ1) is 20.8. The van der Waals surface area contributed by atoms with Gasteiger partial charge in [0.2, 0.25) is 0 Å². The first kappa shape index (κ1) is 33.8. The molecule has 2 unspecified atom stereocenters. The van der Waals surface area contributed by atoms with Crippen LogP contribution >= 0.6 is 0 Å². The van der Waals surface area contributed by atoms with Gasteiger partial charge in [0.1, 0.15) is 0 Å². The Bertz CT molecular complexity index is 1490. The minimum atomic E-state index is -5.14. The Morgan fingerprint density at radius 1 is 0.978 bits per heavy atom. The Balaban J connectivity index is 1.93. The lowest BCUT2D eigenvalue weighted by molar-refractivity contribution is -0.143. The third kappa shape index (κ3) is 7.59. The van der Waals surface area contributed by atoms with E-state index in [0.29, 0.717) is 12.1 Å². The molecule has 0 radical (unpaired) electrons. The molecule has 0 spiro atoms. The van der Waals surface area contributed by atoms with E-state index in [1.807, 2.05) is 0 Å². The minimum Gasteiger partial charge on any atom is -0.446 e. The Morgan fingerprint density at radius 2 is 1.58 bits per heavy atom. The molecule has 1 aromatic heterocycles. The molecule has 45 heavy (non-hydrogen) atoms. The summed E-state index contributed by atoms with van der Waals surface area (Å²) in [5.74, 6) is -0.298. The average Bonchev–Trinajstić information content (AvgIpc) is 3.37. The zero-order valence-electron chi connectivity index (χ0n) is 24.0. The summed E-state index contributed by atoms with van der Waals surface area (Å²) in [5, 5.41) is 11.9. The molecule has 1 aliphatic rings. The van der Waals surface area contributed by atoms with Crippen LogP contribution in [0.5, 0.6) is 0 Å². The minimum absolute atomic E-state index is 0.00299. The molecule has 2 aromatic carbocycles. The third-order valence-electron chi connectivity index (χ3n) is 6.92. The van der Waals surface area contributed by atoms with E-state index >= 15 is 0 Å². The fourth-order valence-corrected chi connectivity index (χ4v) is 5.03. The largest absolute Gasteiger partial charge is 0.446 e. The lowest BCUT2D eigenvalue weighted by Crippen LogP contribution is -2.47. The van der Waals surface area contributed by atoms with Gasteiger partial charge in [-0.05, 0) is 79.9 Å². The number of anilines is 2. The van der Waals surface area contributed by atoms with Crippen LogP contribution in [0.15, 0.2) is 36.4 Å². The fraction of sp³-hybridized carbons (Fsp3) is 0.481. The van der Waals surface area contributed by atoms with Crippen LogP contribution in [0.4, 0.5) is 55.9 Å². The number of benzene rings is 2. The van der Waals surface area contributed by atoms with Crippen LogP contribution in [0.1, 0.15) is 61.1 Å². The number of nitrogens with zero attached hydrogens (tertiary/aromatic N) is 6. The van der Waals surface area contributed by atoms with Crippen molar-refractivity contribution in [2.24, 2.45) is 5.73 Å². The molecule has 3 aromatic rings. The lowest BCUT2D eigenvalue weighted by atomic mass is 9.89. The van der Waals surface area contributed by atoms with Gasteiger partial charge in [-0.3, -0.25) is 4.90 Å². The maximum atomic E-state index is 13.9. The summed E-state index contributed by atoms with van der Waals surface area (Å²) in [6.07, 6.45) is -16.7. The van der Waals surface area contributed by atoms with Crippen LogP contribution in [0.3, 0.4) is 0 Å². The molecule has 246 valence electrons. The molecule has 0 saturated heterocycles. The van der Waals surface area contributed by atoms with Crippen LogP contribution in [0.25, 0.3) is 0 Å². The summed E-state index contributed by atoms with van der Waals surface area (Å²) in [6, 6.07) is 1.63. The number of tetrazole rings is 1. The zero-order chi connectivity index (χ0) is 33.5. The first-order valence-electron chi connectivity index (χ1n) is 13.5. The highest BCUT2D eigenvalue weighted by Crippen LogP contribution is 2.45. The van der Waals surface area contributed by atoms with Gasteiger partial charge in [-0.25, -0.2) is 4.79 Å². The Labute approximate surface area is 250 Å². The zero-order valence-corrected chi connectivity index (χ0v) is 24.0. The number of rotatable bonds is 7. The quantitative estimate of drug-likeness (QED) is 0.288. The second kappa shape index (κ2) is 12.4. The van der Waals surface area contributed by atoms with E-state index in [9.17, 15) is 44.3 Å². The van der Waals surface area contributed by atoms with Crippen LogP contribution < -0.4 is 15.5 Å². The number of alkyl halides is 9. The first-order valence-corrected chi connectivity index (χ1v) is 13.5. The van der Waals surface area contributed by atoms with Gasteiger partial charge < -0.3 is 15.4 Å². The van der Waals surface area contributed by atoms with Crippen molar-refractivity contribution in [3.05, 3.63) is 64.2 Å². The molecule has 0 saturated carbocycles. The summed E-state index contributed by atoms with van der Waals surface area (Å²) in [7, 11) is 0. The lowest BCUT2D eigenvalue weighted by Gasteiger charge is -2.43. The van der Waals surface area contributed by atoms with E-state index in [1.165, 1.54) is 0 Å². The summed E-state index contributed by atoms with van der Waals surface area (Å²) >= 11 is 0. The van der Waals surface area contributed by atoms with Crippen molar-refractivity contribution in [2.45, 2.75) is 77.0 Å². The van der Waals surface area contributed by atoms with Crippen molar-refractivity contribution < 1.29 is 49.0 Å². The topological polar surface area (TPSA) is 102 Å². The molecule has 4 rings (SSSR count). The van der Waals surface area contributed by atoms with E-state index in [1.54, 1.807) is 20.8 Å². The van der Waals surface area contributed by atoms with Gasteiger partial charge in [0.05, 0.1) is 41.1 Å². The average molecular weight is 654 g/mol. The van der Waals surface area contributed by atoms with Gasteiger partial charge in [-0.2, -0.15) is 44.3 Å². The number of fused-ring (bicyclic) bond motifs is 1. The molecule has 0 bridgehead atoms. The summed E-state index contributed by atoms with van der Waals surface area (Å²) in [5.41, 5.74) is 0.688. The van der Waals surface area contributed by atoms with Crippen molar-refractivity contribution in [1.29, 1.82) is 0 Å². The number of hydrogen-bond acceptors (Lipinski definition) is 7. The molecule has 0 fully saturated rings. The number of halogens is 9. The van der Waals surface area contributed by atoms with E-state index in [2.05, 4.69) is 15.4 Å². The molecule has 0 aliphatic carbocycles. The molecule has 18 heteroatoms. The molecular weight excluding hydrogens is 625 g/mol. The van der Waals surface area contributed by atoms with Gasteiger partial charge in [-0.1, -0.05) is 5.10 Å². The number of amides is 1. The number of nitrogens with two attached hydrogens (primary N) is 1. The van der Waals surface area contributed by atoms with Crippen LogP contribution in [-0.2, 0) is 36.4 Å². The fourth-order valence-electron chi connectivity index (χ4n) is 5.03. The van der Waals surface area contributed by atoms with Gasteiger partial charge >= 0.3 is 24.6 Å². The molecule has 1 amide bonds. The number of carbonyl (C=O) groups excluding carboxylic acids is 1. The molecule has 2 heterocycles. The monoisotopic (exact) mass is 653 g/mol. The summed E-state index contributed by atoms with van der Waals surface area (Å²) in [4.78, 5) is 16.4. The van der Waals surface area contributed by atoms with E-state index in [-0.39, 0.29) is 42.8 Å². The van der Waals surface area contributed by atoms with Crippen molar-refractivity contribution >= 4 is 17.7 Å². The standard InChI is InChI=1S/C27H28F9N7O2/c1-14(2)45-24(44)43-15(3)8-22(20-12-17(25(28,29)30)4-5-21(20)43)41(23-38-40-42(39-23)7-6-37)13-16-9-18(26(31,32)33)11-19(10-16)27(34,35)36/h4-5,9-12,14-15,22H,6-8,13,37H2,1-3H3. The van der Waals surface area contributed by atoms with Gasteiger partial charge in [0, 0.05) is 19.1 Å². The third-order valence-corrected chi connectivity index (χ3v) is 6.92. The Morgan fingerprint density at radius 3 is 2.11 bits per heavy atom. The van der Waals surface area contributed by atoms with Crippen molar-refractivity contribution in [1.82, 2.24) is 20.2 Å². The number of ether oxygens (including phenoxy) is 1. The smallest absolute Gasteiger partial charge is 0.416 e. The maximum Gasteiger partial charge on any atom is 0.416 e. The van der Waals surface area contributed by atoms with Gasteiger partial charge in [0.25, 0.3) is 5.95 Å². The highest BCUT2D eigenvalue weighted by molar-refractivity contribution is 5.90. The Kier molecular flexibility index (Phi) is 9.28. The van der Waals surface area contributed by atoms with Crippen LogP contribution in [0, 0.1) is 0 Å². The molecule has 2 N–H and O–H groups in total. The van der Waals surface area contributed by atoms with Gasteiger partial charge in [-0.15, -0.1) is 5.10 Å². The molecule has 2 atom stereocenters. The number of carbonyl (C=O) groups is 1. The SMILES string of the molecule is CC(C)OC(=O)N1c2ccc(C(F)(F)F)cc2C(N(Cc2cc(C(F)(F)F)cc(C(F)(F)F)c2)c2nnn(CCN)n2)CC1C. The number of aromatic nitrogens is 4. The van der Waals surface area contributed by atoms with E-state index < -0.39 is 71.6 Å². The number of hydrogen-bond donors (Lipinski definition) is 1. The maximum absolute atomic E-state index is 13.9. The predicted octanol–water partition coefficient (Wildman–Crippen LogP) is 6.58. The highest BCUT2D eigenvalue weighted by Gasteiger charge is 2.42. The predicted molar refractivity (Wildman–Crippen MR) is 142 cm³/mol. The van der Waals surface area contributed by atoms with E-state index in [0.717, 1.165) is 32.8 Å².